The molecular formula is C49H54Cl3F2N5O5. The van der Waals surface area contributed by atoms with Crippen LogP contribution in [-0.2, 0) is 14.9 Å². The number of aliphatic hydroxyl groups is 1. The summed E-state index contributed by atoms with van der Waals surface area (Å²) in [6, 6.07) is 22.9. The summed E-state index contributed by atoms with van der Waals surface area (Å²) < 4.78 is 49.8. The van der Waals surface area contributed by atoms with Crippen LogP contribution in [0, 0.1) is 50.5 Å². The van der Waals surface area contributed by atoms with Gasteiger partial charge < -0.3 is 30.0 Å². The maximum absolute atomic E-state index is 15.9. The Labute approximate surface area is 389 Å². The number of benzene rings is 4. The van der Waals surface area contributed by atoms with Crippen LogP contribution in [0.2, 0.25) is 15.1 Å². The van der Waals surface area contributed by atoms with E-state index in [9.17, 15) is 20.4 Å². The highest BCUT2D eigenvalue weighted by Crippen LogP contribution is 2.56. The predicted molar refractivity (Wildman–Crippen MR) is 243 cm³/mol. The maximum atomic E-state index is 15.9. The minimum Gasteiger partial charge on any atom is -0.491 e. The molecule has 4 aromatic carbocycles. The summed E-state index contributed by atoms with van der Waals surface area (Å²) in [5.41, 5.74) is -1.78. The third-order valence-corrected chi connectivity index (χ3v) is 13.3. The highest BCUT2D eigenvalue weighted by molar-refractivity contribution is 6.32. The Morgan fingerprint density at radius 2 is 1.59 bits per heavy atom. The molecular weight excluding hydrogens is 883 g/mol. The number of carbonyl (C=O) groups excluding carboxylic acids is 1. The first kappa shape index (κ1) is 48.9. The summed E-state index contributed by atoms with van der Waals surface area (Å²) in [5.74, 6) is -2.08. The first-order chi connectivity index (χ1) is 30.1. The van der Waals surface area contributed by atoms with Gasteiger partial charge in [0.05, 0.1) is 40.9 Å². The van der Waals surface area contributed by atoms with Gasteiger partial charge in [-0.15, -0.1) is 0 Å². The summed E-state index contributed by atoms with van der Waals surface area (Å²) in [7, 11) is 0. The lowest BCUT2D eigenvalue weighted by Crippen LogP contribution is -2.74. The lowest BCUT2D eigenvalue weighted by Gasteiger charge is -2.63. The van der Waals surface area contributed by atoms with E-state index in [1.165, 1.54) is 24.3 Å². The number of aliphatic hydroxyl groups excluding tert-OH is 1. The second kappa shape index (κ2) is 19.5. The Kier molecular flexibility index (Phi) is 14.9. The smallest absolute Gasteiger partial charge is 0.237 e. The zero-order chi connectivity index (χ0) is 46.8. The Morgan fingerprint density at radius 3 is 2.22 bits per heavy atom. The molecule has 2 aliphatic rings. The number of halogens is 5. The quantitative estimate of drug-likeness (QED) is 0.0637. The van der Waals surface area contributed by atoms with E-state index in [1.807, 2.05) is 20.8 Å². The van der Waals surface area contributed by atoms with Gasteiger partial charge in [0.2, 0.25) is 5.91 Å². The van der Waals surface area contributed by atoms with E-state index in [4.69, 9.17) is 49.0 Å². The fourth-order valence-corrected chi connectivity index (χ4v) is 10.4. The average molecular weight is 937 g/mol. The molecule has 4 aromatic rings. The van der Waals surface area contributed by atoms with Crippen molar-refractivity contribution in [2.75, 3.05) is 26.4 Å². The van der Waals surface area contributed by atoms with Gasteiger partial charge in [-0.05, 0) is 65.4 Å². The van der Waals surface area contributed by atoms with Gasteiger partial charge in [-0.1, -0.05) is 114 Å². The Balaban J connectivity index is 1.02. The number of nitriles is 2. The van der Waals surface area contributed by atoms with Crippen molar-refractivity contribution in [3.8, 4) is 23.6 Å². The van der Waals surface area contributed by atoms with Crippen molar-refractivity contribution >= 4 is 40.7 Å². The molecule has 0 spiro atoms. The molecule has 10 nitrogen and oxygen atoms in total. The van der Waals surface area contributed by atoms with Crippen molar-refractivity contribution in [2.24, 2.45) is 16.2 Å². The summed E-state index contributed by atoms with van der Waals surface area (Å²) >= 11 is 18.6. The van der Waals surface area contributed by atoms with E-state index in [2.05, 4.69) is 55.8 Å². The van der Waals surface area contributed by atoms with Crippen molar-refractivity contribution < 1.29 is 32.9 Å². The highest BCUT2D eigenvalue weighted by Gasteiger charge is 2.64. The molecule has 0 aromatic heterocycles. The van der Waals surface area contributed by atoms with Crippen LogP contribution >= 0.6 is 34.8 Å². The molecule has 1 saturated heterocycles. The number of ether oxygens (including phenoxy) is 3. The lowest BCUT2D eigenvalue weighted by atomic mass is 9.49. The van der Waals surface area contributed by atoms with Crippen LogP contribution in [0.3, 0.4) is 0 Å². The molecule has 1 saturated carbocycles. The van der Waals surface area contributed by atoms with Gasteiger partial charge in [0.15, 0.2) is 0 Å². The summed E-state index contributed by atoms with van der Waals surface area (Å²) in [6.07, 6.45) is -0.810. The molecule has 1 aliphatic carbocycles. The fraction of sp³-hybridized carbons (Fsp3) is 0.449. The molecule has 2 unspecified atom stereocenters. The number of carbonyl (C=O) groups is 1. The molecule has 5 atom stereocenters. The SMILES string of the molecule is CC(C)(C)C[C@@H]1NC(C(=O)NCCOCCOc2ccc(C(O)N[C@H]3C(C)(C)[C@H](Oc4ccc(C#N)c(Cl)c4)C3(C)C)cc2)[C@@H](c2cccc(Cl)c2F)[C@@]1(C#N)c1ccc(Cl)cc1F. The minimum atomic E-state index is -1.73. The number of hydrogen-bond acceptors (Lipinski definition) is 9. The van der Waals surface area contributed by atoms with Gasteiger partial charge in [-0.3, -0.25) is 10.1 Å². The fourth-order valence-electron chi connectivity index (χ4n) is 9.89. The lowest BCUT2D eigenvalue weighted by molar-refractivity contribution is -0.179. The number of amides is 1. The van der Waals surface area contributed by atoms with Crippen LogP contribution in [0.5, 0.6) is 11.5 Å². The number of nitrogens with zero attached hydrogens (tertiary/aromatic N) is 2. The molecule has 1 aliphatic heterocycles. The zero-order valence-electron chi connectivity index (χ0n) is 36.9. The summed E-state index contributed by atoms with van der Waals surface area (Å²) in [6.45, 7) is 14.8. The minimum absolute atomic E-state index is 0.00165. The molecule has 64 heavy (non-hydrogen) atoms. The highest BCUT2D eigenvalue weighted by atomic mass is 35.5. The first-order valence-electron chi connectivity index (χ1n) is 21.1. The van der Waals surface area contributed by atoms with Crippen molar-refractivity contribution in [2.45, 2.75) is 96.7 Å². The Bertz CT molecular complexity index is 2400. The number of hydrogen-bond donors (Lipinski definition) is 4. The van der Waals surface area contributed by atoms with E-state index in [1.54, 1.807) is 48.5 Å². The van der Waals surface area contributed by atoms with Crippen LogP contribution in [0.1, 0.15) is 89.3 Å². The first-order valence-corrected chi connectivity index (χ1v) is 22.2. The van der Waals surface area contributed by atoms with Crippen molar-refractivity contribution in [1.29, 1.82) is 10.5 Å². The van der Waals surface area contributed by atoms with Crippen LogP contribution in [-0.4, -0.2) is 61.6 Å². The Hall–Kier alpha value is -4.50. The third kappa shape index (κ3) is 10.00. The predicted octanol–water partition coefficient (Wildman–Crippen LogP) is 9.79. The molecule has 6 rings (SSSR count). The van der Waals surface area contributed by atoms with Gasteiger partial charge in [-0.25, -0.2) is 8.78 Å². The van der Waals surface area contributed by atoms with Crippen molar-refractivity contribution in [3.63, 3.8) is 0 Å². The molecule has 340 valence electrons. The van der Waals surface area contributed by atoms with Crippen LogP contribution < -0.4 is 25.4 Å². The second-order valence-corrected chi connectivity index (χ2v) is 20.2. The molecule has 0 radical (unpaired) electrons. The van der Waals surface area contributed by atoms with E-state index >= 15 is 8.78 Å². The van der Waals surface area contributed by atoms with Crippen LogP contribution in [0.15, 0.2) is 78.9 Å². The third-order valence-electron chi connectivity index (χ3n) is 12.4. The summed E-state index contributed by atoms with van der Waals surface area (Å²) in [5, 5.41) is 41.3. The van der Waals surface area contributed by atoms with E-state index < -0.39 is 47.2 Å². The number of nitrogens with one attached hydrogen (secondary N) is 3. The second-order valence-electron chi connectivity index (χ2n) is 18.9. The zero-order valence-corrected chi connectivity index (χ0v) is 39.1. The topological polar surface area (TPSA) is 149 Å². The van der Waals surface area contributed by atoms with Gasteiger partial charge in [0, 0.05) is 52.0 Å². The molecule has 1 amide bonds. The van der Waals surface area contributed by atoms with Crippen LogP contribution in [0.25, 0.3) is 0 Å². The molecule has 15 heteroatoms. The standard InChI is InChI=1S/C49H54Cl3F2N5O5/c1-46(2,3)25-38-49(27-56,34-18-14-30(50)23-37(34)53)39(33-9-8-10-35(51)40(33)54)41(58-38)43(61)57-19-20-62-21-22-63-31-15-11-28(12-16-31)42(60)59-44-47(4,5)45(48(44,6)7)64-32-17-13-29(26-55)36(52)24-32/h8-18,23-24,38-39,41-42,44-45,58-60H,19-22,25H2,1-7H3,(H,57,61)/t38-,39+,41?,42?,44-,45-,49-/m0/s1. The van der Waals surface area contributed by atoms with E-state index in [-0.39, 0.29) is 75.9 Å². The average Bonchev–Trinajstić information content (AvgIpc) is 3.55. The number of rotatable bonds is 16. The van der Waals surface area contributed by atoms with Gasteiger partial charge in [0.1, 0.15) is 53.6 Å². The Morgan fingerprint density at radius 1 is 0.906 bits per heavy atom. The maximum Gasteiger partial charge on any atom is 0.237 e. The largest absolute Gasteiger partial charge is 0.491 e. The monoisotopic (exact) mass is 935 g/mol. The van der Waals surface area contributed by atoms with Gasteiger partial charge in [-0.2, -0.15) is 10.5 Å². The van der Waals surface area contributed by atoms with Crippen molar-refractivity contribution in [1.82, 2.24) is 16.0 Å². The van der Waals surface area contributed by atoms with E-state index in [0.29, 0.717) is 34.1 Å². The van der Waals surface area contributed by atoms with Crippen molar-refractivity contribution in [3.05, 3.63) is 128 Å². The van der Waals surface area contributed by atoms with Gasteiger partial charge in [0.25, 0.3) is 0 Å². The molecule has 2 fully saturated rings. The molecule has 1 heterocycles. The normalized spacial score (nSPS) is 23.9. The van der Waals surface area contributed by atoms with E-state index in [0.717, 1.165) is 6.07 Å². The summed E-state index contributed by atoms with van der Waals surface area (Å²) in [4.78, 5) is 14.0. The van der Waals surface area contributed by atoms with Gasteiger partial charge >= 0.3 is 0 Å². The molecule has 4 N–H and O–H groups in total. The van der Waals surface area contributed by atoms with Crippen LogP contribution in [0.4, 0.5) is 8.78 Å². The molecule has 0 bridgehead atoms.